The number of amides is 1. The molecule has 0 spiro atoms. The second kappa shape index (κ2) is 7.23. The molecule has 5 nitrogen and oxygen atoms in total. The van der Waals surface area contributed by atoms with Gasteiger partial charge in [-0.15, -0.1) is 0 Å². The van der Waals surface area contributed by atoms with Crippen molar-refractivity contribution in [2.75, 3.05) is 38.2 Å². The van der Waals surface area contributed by atoms with E-state index in [0.29, 0.717) is 13.2 Å². The van der Waals surface area contributed by atoms with Gasteiger partial charge in [-0.25, -0.2) is 0 Å². The van der Waals surface area contributed by atoms with E-state index in [4.69, 9.17) is 9.47 Å². The number of morpholine rings is 1. The zero-order valence-corrected chi connectivity index (χ0v) is 11.1. The average Bonchev–Trinajstić information content (AvgIpc) is 2.40. The van der Waals surface area contributed by atoms with Crippen LogP contribution in [0.3, 0.4) is 0 Å². The second-order valence-electron chi connectivity index (χ2n) is 4.63. The van der Waals surface area contributed by atoms with Gasteiger partial charge in [-0.1, -0.05) is 12.1 Å². The molecule has 1 amide bonds. The summed E-state index contributed by atoms with van der Waals surface area (Å²) in [5.41, 5.74) is 1.91. The first kappa shape index (κ1) is 14.0. The number of rotatable bonds is 5. The molecule has 0 saturated carbocycles. The molecule has 104 valence electrons. The Hall–Kier alpha value is -1.43. The summed E-state index contributed by atoms with van der Waals surface area (Å²) in [6, 6.07) is 7.68. The van der Waals surface area contributed by atoms with Crippen molar-refractivity contribution in [3.8, 4) is 0 Å². The van der Waals surface area contributed by atoms with Gasteiger partial charge < -0.3 is 20.1 Å². The van der Waals surface area contributed by atoms with Crippen molar-refractivity contribution < 1.29 is 14.3 Å². The molecule has 1 atom stereocenters. The third-order valence-electron chi connectivity index (χ3n) is 2.84. The molecule has 1 aliphatic rings. The van der Waals surface area contributed by atoms with Crippen LogP contribution in [0, 0.1) is 6.92 Å². The molecule has 1 aromatic carbocycles. The van der Waals surface area contributed by atoms with Crippen LogP contribution < -0.4 is 10.6 Å². The summed E-state index contributed by atoms with van der Waals surface area (Å²) in [6.45, 7) is 4.83. The average molecular weight is 264 g/mol. The van der Waals surface area contributed by atoms with Crippen LogP contribution in [0.5, 0.6) is 0 Å². The number of benzene rings is 1. The van der Waals surface area contributed by atoms with Crippen LogP contribution >= 0.6 is 0 Å². The lowest BCUT2D eigenvalue weighted by Crippen LogP contribution is -2.41. The van der Waals surface area contributed by atoms with Crippen LogP contribution in [0.1, 0.15) is 5.56 Å². The molecule has 19 heavy (non-hydrogen) atoms. The molecule has 0 aliphatic carbocycles. The lowest BCUT2D eigenvalue weighted by molar-refractivity contribution is -0.122. The van der Waals surface area contributed by atoms with E-state index in [-0.39, 0.29) is 18.6 Å². The number of hydrogen-bond donors (Lipinski definition) is 2. The first-order valence-electron chi connectivity index (χ1n) is 6.50. The van der Waals surface area contributed by atoms with Crippen LogP contribution in [0.25, 0.3) is 0 Å². The van der Waals surface area contributed by atoms with Crippen LogP contribution in [0.4, 0.5) is 5.69 Å². The number of carbonyl (C=O) groups is 1. The zero-order valence-electron chi connectivity index (χ0n) is 11.1. The first-order valence-corrected chi connectivity index (χ1v) is 6.50. The van der Waals surface area contributed by atoms with Crippen molar-refractivity contribution in [1.29, 1.82) is 0 Å². The minimum atomic E-state index is -0.144. The van der Waals surface area contributed by atoms with Gasteiger partial charge in [0.2, 0.25) is 5.91 Å². The van der Waals surface area contributed by atoms with Crippen molar-refractivity contribution >= 4 is 11.6 Å². The van der Waals surface area contributed by atoms with E-state index in [1.807, 2.05) is 31.2 Å². The van der Waals surface area contributed by atoms with Crippen molar-refractivity contribution in [3.63, 3.8) is 0 Å². The number of nitrogens with one attached hydrogen (secondary N) is 2. The van der Waals surface area contributed by atoms with E-state index < -0.39 is 0 Å². The molecule has 1 fully saturated rings. The largest absolute Gasteiger partial charge is 0.373 e. The molecular weight excluding hydrogens is 244 g/mol. The molecule has 1 aromatic rings. The summed E-state index contributed by atoms with van der Waals surface area (Å²) in [6.07, 6.45) is 0.0421. The van der Waals surface area contributed by atoms with Crippen molar-refractivity contribution in [2.24, 2.45) is 0 Å². The van der Waals surface area contributed by atoms with Crippen LogP contribution in [-0.4, -0.2) is 44.9 Å². The standard InChI is InChI=1S/C14H20N2O3/c1-11-3-2-4-12(7-11)16-14(17)10-18-9-13-8-15-5-6-19-13/h2-4,7,13,15H,5-6,8-10H2,1H3,(H,16,17). The molecule has 5 heteroatoms. The fourth-order valence-corrected chi connectivity index (χ4v) is 1.93. The van der Waals surface area contributed by atoms with Gasteiger partial charge in [-0.2, -0.15) is 0 Å². The third-order valence-corrected chi connectivity index (χ3v) is 2.84. The highest BCUT2D eigenvalue weighted by Gasteiger charge is 2.13. The van der Waals surface area contributed by atoms with Crippen molar-refractivity contribution in [2.45, 2.75) is 13.0 Å². The summed E-state index contributed by atoms with van der Waals surface area (Å²) in [5, 5.41) is 6.01. The number of aryl methyl sites for hydroxylation is 1. The van der Waals surface area contributed by atoms with Crippen LogP contribution in [0.2, 0.25) is 0 Å². The second-order valence-corrected chi connectivity index (χ2v) is 4.63. The van der Waals surface area contributed by atoms with Gasteiger partial charge in [-0.05, 0) is 24.6 Å². The molecule has 0 bridgehead atoms. The number of hydrogen-bond acceptors (Lipinski definition) is 4. The third kappa shape index (κ3) is 4.98. The van der Waals surface area contributed by atoms with E-state index >= 15 is 0 Å². The topological polar surface area (TPSA) is 59.6 Å². The molecule has 2 rings (SSSR count). The maximum absolute atomic E-state index is 11.7. The Morgan fingerprint density at radius 2 is 2.47 bits per heavy atom. The fraction of sp³-hybridized carbons (Fsp3) is 0.500. The highest BCUT2D eigenvalue weighted by Crippen LogP contribution is 2.09. The van der Waals surface area contributed by atoms with E-state index in [1.165, 1.54) is 0 Å². The summed E-state index contributed by atoms with van der Waals surface area (Å²) < 4.78 is 10.8. The Bertz CT molecular complexity index is 417. The monoisotopic (exact) mass is 264 g/mol. The summed E-state index contributed by atoms with van der Waals surface area (Å²) >= 11 is 0. The van der Waals surface area contributed by atoms with E-state index in [1.54, 1.807) is 0 Å². The molecular formula is C14H20N2O3. The highest BCUT2D eigenvalue weighted by atomic mass is 16.5. The minimum Gasteiger partial charge on any atom is -0.373 e. The molecule has 1 unspecified atom stereocenters. The molecule has 1 saturated heterocycles. The van der Waals surface area contributed by atoms with Crippen LogP contribution in [-0.2, 0) is 14.3 Å². The Morgan fingerprint density at radius 3 is 3.21 bits per heavy atom. The minimum absolute atomic E-state index is 0.0421. The SMILES string of the molecule is Cc1cccc(NC(=O)COCC2CNCCO2)c1. The Kier molecular flexibility index (Phi) is 5.32. The fourth-order valence-electron chi connectivity index (χ4n) is 1.93. The van der Waals surface area contributed by atoms with Gasteiger partial charge in [0, 0.05) is 18.8 Å². The van der Waals surface area contributed by atoms with Crippen molar-refractivity contribution in [3.05, 3.63) is 29.8 Å². The predicted octanol–water partition coefficient (Wildman–Crippen LogP) is 0.939. The maximum Gasteiger partial charge on any atom is 0.250 e. The van der Waals surface area contributed by atoms with Gasteiger partial charge in [-0.3, -0.25) is 4.79 Å². The van der Waals surface area contributed by atoms with Gasteiger partial charge in [0.15, 0.2) is 0 Å². The zero-order chi connectivity index (χ0) is 13.5. The number of ether oxygens (including phenoxy) is 2. The number of anilines is 1. The summed E-state index contributed by atoms with van der Waals surface area (Å²) in [4.78, 5) is 11.7. The number of carbonyl (C=O) groups excluding carboxylic acids is 1. The van der Waals surface area contributed by atoms with E-state index in [9.17, 15) is 4.79 Å². The Labute approximate surface area is 113 Å². The summed E-state index contributed by atoms with van der Waals surface area (Å²) in [7, 11) is 0. The smallest absolute Gasteiger partial charge is 0.250 e. The molecule has 0 radical (unpaired) electrons. The van der Waals surface area contributed by atoms with Gasteiger partial charge in [0.25, 0.3) is 0 Å². The lowest BCUT2D eigenvalue weighted by atomic mass is 10.2. The van der Waals surface area contributed by atoms with Gasteiger partial charge in [0.05, 0.1) is 19.3 Å². The highest BCUT2D eigenvalue weighted by molar-refractivity contribution is 5.91. The van der Waals surface area contributed by atoms with Crippen LogP contribution in [0.15, 0.2) is 24.3 Å². The van der Waals surface area contributed by atoms with E-state index in [0.717, 1.165) is 24.3 Å². The quantitative estimate of drug-likeness (QED) is 0.831. The molecule has 1 heterocycles. The molecule has 0 aromatic heterocycles. The maximum atomic E-state index is 11.7. The van der Waals surface area contributed by atoms with Gasteiger partial charge >= 0.3 is 0 Å². The summed E-state index contributed by atoms with van der Waals surface area (Å²) in [5.74, 6) is -0.144. The molecule has 2 N–H and O–H groups in total. The predicted molar refractivity (Wildman–Crippen MR) is 73.2 cm³/mol. The van der Waals surface area contributed by atoms with Crippen molar-refractivity contribution in [1.82, 2.24) is 5.32 Å². The molecule has 1 aliphatic heterocycles. The normalized spacial score (nSPS) is 19.1. The lowest BCUT2D eigenvalue weighted by Gasteiger charge is -2.23. The first-order chi connectivity index (χ1) is 9.24. The Balaban J connectivity index is 1.67. The van der Waals surface area contributed by atoms with E-state index in [2.05, 4.69) is 10.6 Å². The van der Waals surface area contributed by atoms with Gasteiger partial charge in [0.1, 0.15) is 6.61 Å². The Morgan fingerprint density at radius 1 is 1.58 bits per heavy atom.